The van der Waals surface area contributed by atoms with E-state index in [0.29, 0.717) is 5.69 Å². The van der Waals surface area contributed by atoms with Crippen LogP contribution in [0.1, 0.15) is 31.1 Å². The molecule has 0 unspecified atom stereocenters. The van der Waals surface area contributed by atoms with Gasteiger partial charge in [-0.3, -0.25) is 0 Å². The molecule has 6 heteroatoms. The summed E-state index contributed by atoms with van der Waals surface area (Å²) in [4.78, 5) is 22.3. The van der Waals surface area contributed by atoms with Crippen molar-refractivity contribution in [3.63, 3.8) is 0 Å². The van der Waals surface area contributed by atoms with E-state index in [0.717, 1.165) is 5.01 Å². The molecule has 0 aromatic heterocycles. The molecule has 0 atom stereocenters. The van der Waals surface area contributed by atoms with Gasteiger partial charge in [-0.1, -0.05) is 0 Å². The first-order valence-corrected chi connectivity index (χ1v) is 5.32. The number of carboxylic acids is 1. The fourth-order valence-electron chi connectivity index (χ4n) is 1.18. The molecule has 0 radical (unpaired) electrons. The summed E-state index contributed by atoms with van der Waals surface area (Å²) in [6.07, 6.45) is -0.703. The lowest BCUT2D eigenvalue weighted by molar-refractivity contribution is 0.0579. The van der Waals surface area contributed by atoms with Crippen molar-refractivity contribution in [1.29, 1.82) is 0 Å². The van der Waals surface area contributed by atoms with Crippen molar-refractivity contribution in [2.75, 3.05) is 5.01 Å². The summed E-state index contributed by atoms with van der Waals surface area (Å²) < 4.78 is 5.08. The third kappa shape index (κ3) is 3.74. The number of ether oxygens (including phenoxy) is 1. The summed E-state index contributed by atoms with van der Waals surface area (Å²) in [5, 5.41) is 9.57. The van der Waals surface area contributed by atoms with Crippen molar-refractivity contribution in [1.82, 2.24) is 0 Å². The van der Waals surface area contributed by atoms with Gasteiger partial charge >= 0.3 is 12.1 Å². The van der Waals surface area contributed by atoms with Crippen molar-refractivity contribution >= 4 is 17.7 Å². The summed E-state index contributed by atoms with van der Waals surface area (Å²) in [6.45, 7) is 5.19. The van der Waals surface area contributed by atoms with Crippen molar-refractivity contribution in [2.24, 2.45) is 5.84 Å². The Hall–Kier alpha value is -2.08. The van der Waals surface area contributed by atoms with Crippen molar-refractivity contribution in [3.05, 3.63) is 29.8 Å². The zero-order valence-electron chi connectivity index (χ0n) is 10.5. The largest absolute Gasteiger partial charge is 0.478 e. The maximum Gasteiger partial charge on any atom is 0.429 e. The Balaban J connectivity index is 2.81. The number of aromatic carboxylic acids is 1. The normalized spacial score (nSPS) is 10.9. The Bertz CT molecular complexity index is 448. The average Bonchev–Trinajstić information content (AvgIpc) is 2.26. The van der Waals surface area contributed by atoms with E-state index in [1.165, 1.54) is 24.3 Å². The quantitative estimate of drug-likeness (QED) is 0.477. The van der Waals surface area contributed by atoms with Crippen LogP contribution >= 0.6 is 0 Å². The Kier molecular flexibility index (Phi) is 3.93. The number of carboxylic acid groups (broad SMARTS) is 1. The number of hydrogen-bond acceptors (Lipinski definition) is 4. The molecule has 0 aliphatic carbocycles. The lowest BCUT2D eigenvalue weighted by Gasteiger charge is -2.24. The van der Waals surface area contributed by atoms with E-state index >= 15 is 0 Å². The zero-order valence-corrected chi connectivity index (χ0v) is 10.5. The van der Waals surface area contributed by atoms with Gasteiger partial charge in [0.05, 0.1) is 11.3 Å². The van der Waals surface area contributed by atoms with E-state index in [1.807, 2.05) is 0 Å². The molecule has 0 bridgehead atoms. The summed E-state index contributed by atoms with van der Waals surface area (Å²) in [6, 6.07) is 5.60. The second-order valence-corrected chi connectivity index (χ2v) is 4.70. The van der Waals surface area contributed by atoms with Gasteiger partial charge in [0.15, 0.2) is 0 Å². The minimum Gasteiger partial charge on any atom is -0.478 e. The van der Waals surface area contributed by atoms with Gasteiger partial charge in [0.25, 0.3) is 0 Å². The minimum atomic E-state index is -1.04. The fraction of sp³-hybridized carbons (Fsp3) is 0.333. The van der Waals surface area contributed by atoms with Crippen molar-refractivity contribution in [2.45, 2.75) is 26.4 Å². The second-order valence-electron chi connectivity index (χ2n) is 4.70. The Morgan fingerprint density at radius 2 is 1.72 bits per heavy atom. The monoisotopic (exact) mass is 252 g/mol. The van der Waals surface area contributed by atoms with E-state index < -0.39 is 17.7 Å². The van der Waals surface area contributed by atoms with Gasteiger partial charge in [0, 0.05) is 0 Å². The van der Waals surface area contributed by atoms with Crippen LogP contribution in [0.15, 0.2) is 24.3 Å². The number of amides is 1. The predicted molar refractivity (Wildman–Crippen MR) is 66.3 cm³/mol. The van der Waals surface area contributed by atoms with Gasteiger partial charge in [0.1, 0.15) is 5.60 Å². The molecule has 0 saturated carbocycles. The highest BCUT2D eigenvalue weighted by Gasteiger charge is 2.21. The highest BCUT2D eigenvalue weighted by atomic mass is 16.6. The summed E-state index contributed by atoms with van der Waals surface area (Å²) in [7, 11) is 0. The molecule has 98 valence electrons. The highest BCUT2D eigenvalue weighted by Crippen LogP contribution is 2.16. The molecule has 1 amide bonds. The summed E-state index contributed by atoms with van der Waals surface area (Å²) >= 11 is 0. The lowest BCUT2D eigenvalue weighted by atomic mass is 10.2. The third-order valence-corrected chi connectivity index (χ3v) is 1.98. The van der Waals surface area contributed by atoms with Crippen molar-refractivity contribution in [3.8, 4) is 0 Å². The number of anilines is 1. The first kappa shape index (κ1) is 14.0. The van der Waals surface area contributed by atoms with E-state index in [1.54, 1.807) is 20.8 Å². The standard InChI is InChI=1S/C12H16N2O4/c1-12(2,3)18-11(17)14(13)9-6-4-8(5-7-9)10(15)16/h4-7H,13H2,1-3H3,(H,15,16). The minimum absolute atomic E-state index is 0.122. The smallest absolute Gasteiger partial charge is 0.429 e. The van der Waals surface area contributed by atoms with Gasteiger partial charge in [-0.05, 0) is 45.0 Å². The maximum atomic E-state index is 11.6. The van der Waals surface area contributed by atoms with E-state index in [4.69, 9.17) is 15.7 Å². The predicted octanol–water partition coefficient (Wildman–Crippen LogP) is 2.00. The molecule has 1 aromatic rings. The molecule has 0 spiro atoms. The summed E-state index contributed by atoms with van der Waals surface area (Å²) in [5.41, 5.74) is -0.166. The van der Waals surface area contributed by atoms with E-state index in [9.17, 15) is 9.59 Å². The molecule has 0 heterocycles. The number of nitrogens with zero attached hydrogens (tertiary/aromatic N) is 1. The van der Waals surface area contributed by atoms with Crippen molar-refractivity contribution < 1.29 is 19.4 Å². The van der Waals surface area contributed by atoms with Gasteiger partial charge < -0.3 is 9.84 Å². The molecular formula is C12H16N2O4. The SMILES string of the molecule is CC(C)(C)OC(=O)N(N)c1ccc(C(=O)O)cc1. The molecular weight excluding hydrogens is 236 g/mol. The number of hydrogen-bond donors (Lipinski definition) is 2. The highest BCUT2D eigenvalue weighted by molar-refractivity contribution is 5.90. The molecule has 0 saturated heterocycles. The zero-order chi connectivity index (χ0) is 13.9. The number of nitrogens with two attached hydrogens (primary N) is 1. The molecule has 0 aliphatic heterocycles. The van der Waals surface area contributed by atoms with E-state index in [2.05, 4.69) is 0 Å². The van der Waals surface area contributed by atoms with Crippen LogP contribution in [0, 0.1) is 0 Å². The number of hydrazine groups is 1. The average molecular weight is 252 g/mol. The number of rotatable bonds is 2. The van der Waals surface area contributed by atoms with Crippen LogP contribution in [0.3, 0.4) is 0 Å². The second kappa shape index (κ2) is 5.05. The van der Waals surface area contributed by atoms with Crippen LogP contribution in [0.4, 0.5) is 10.5 Å². The molecule has 6 nitrogen and oxygen atoms in total. The Morgan fingerprint density at radius 3 is 2.11 bits per heavy atom. The summed E-state index contributed by atoms with van der Waals surface area (Å²) in [5.74, 6) is 4.54. The van der Waals surface area contributed by atoms with Crippen LogP contribution < -0.4 is 10.9 Å². The van der Waals surface area contributed by atoms with Crippen LogP contribution in [0.25, 0.3) is 0 Å². The van der Waals surface area contributed by atoms with Crippen LogP contribution in [0.5, 0.6) is 0 Å². The molecule has 0 aliphatic rings. The number of benzene rings is 1. The number of carbonyl (C=O) groups is 2. The molecule has 1 rings (SSSR count). The maximum absolute atomic E-state index is 11.6. The van der Waals surface area contributed by atoms with E-state index in [-0.39, 0.29) is 5.56 Å². The van der Waals surface area contributed by atoms with Gasteiger partial charge in [-0.25, -0.2) is 20.4 Å². The Labute approximate surface area is 105 Å². The fourth-order valence-corrected chi connectivity index (χ4v) is 1.18. The molecule has 0 fully saturated rings. The van der Waals surface area contributed by atoms with Crippen LogP contribution in [-0.2, 0) is 4.74 Å². The van der Waals surface area contributed by atoms with Gasteiger partial charge in [-0.15, -0.1) is 0 Å². The molecule has 3 N–H and O–H groups in total. The third-order valence-electron chi connectivity index (χ3n) is 1.98. The Morgan fingerprint density at radius 1 is 1.22 bits per heavy atom. The number of carbonyl (C=O) groups excluding carboxylic acids is 1. The first-order valence-electron chi connectivity index (χ1n) is 5.32. The van der Waals surface area contributed by atoms with Gasteiger partial charge in [-0.2, -0.15) is 0 Å². The molecule has 18 heavy (non-hydrogen) atoms. The topological polar surface area (TPSA) is 92.9 Å². The lowest BCUT2D eigenvalue weighted by Crippen LogP contribution is -2.41. The first-order chi connectivity index (χ1) is 8.20. The molecule has 1 aromatic carbocycles. The van der Waals surface area contributed by atoms with Crippen LogP contribution in [-0.4, -0.2) is 22.8 Å². The van der Waals surface area contributed by atoms with Crippen LogP contribution in [0.2, 0.25) is 0 Å². The van der Waals surface area contributed by atoms with Gasteiger partial charge in [0.2, 0.25) is 0 Å².